The van der Waals surface area contributed by atoms with E-state index in [9.17, 15) is 0 Å². The molecule has 4 unspecified atom stereocenters. The maximum absolute atomic E-state index is 4.60. The fourth-order valence-electron chi connectivity index (χ4n) is 6.15. The van der Waals surface area contributed by atoms with Crippen molar-refractivity contribution in [3.8, 4) is 0 Å². The van der Waals surface area contributed by atoms with E-state index in [0.29, 0.717) is 18.0 Å². The molecular formula is C37H55N3. The summed E-state index contributed by atoms with van der Waals surface area (Å²) in [4.78, 5) is 2.68. The second kappa shape index (κ2) is 17.9. The van der Waals surface area contributed by atoms with E-state index in [-0.39, 0.29) is 6.04 Å². The number of rotatable bonds is 20. The van der Waals surface area contributed by atoms with Gasteiger partial charge in [0.25, 0.3) is 0 Å². The number of nitrogens with one attached hydrogen (secondary N) is 2. The molecule has 0 bridgehead atoms. The van der Waals surface area contributed by atoms with Crippen molar-refractivity contribution in [1.29, 1.82) is 0 Å². The molecule has 0 radical (unpaired) electrons. The van der Waals surface area contributed by atoms with E-state index >= 15 is 0 Å². The van der Waals surface area contributed by atoms with Crippen molar-refractivity contribution in [2.75, 3.05) is 19.6 Å². The monoisotopic (exact) mass is 541 g/mol. The van der Waals surface area contributed by atoms with E-state index in [1.165, 1.54) is 54.5 Å². The average Bonchev–Trinajstić information content (AvgIpc) is 3.44. The summed E-state index contributed by atoms with van der Waals surface area (Å²) in [5.74, 6) is 0.468. The van der Waals surface area contributed by atoms with Crippen LogP contribution in [0.3, 0.4) is 0 Å². The summed E-state index contributed by atoms with van der Waals surface area (Å²) in [6.07, 6.45) is 13.6. The van der Waals surface area contributed by atoms with Crippen LogP contribution in [0.4, 0.5) is 0 Å². The lowest BCUT2D eigenvalue weighted by molar-refractivity contribution is 0.231. The quantitative estimate of drug-likeness (QED) is 0.130. The first-order valence-electron chi connectivity index (χ1n) is 15.8. The molecule has 3 rings (SSSR count). The summed E-state index contributed by atoms with van der Waals surface area (Å²) in [6, 6.07) is 22.8. The van der Waals surface area contributed by atoms with Crippen molar-refractivity contribution < 1.29 is 0 Å². The molecule has 1 fully saturated rings. The summed E-state index contributed by atoms with van der Waals surface area (Å²) in [5, 5.41) is 7.79. The van der Waals surface area contributed by atoms with Gasteiger partial charge in [0.2, 0.25) is 0 Å². The third-order valence-electron chi connectivity index (χ3n) is 8.49. The molecule has 0 aromatic heterocycles. The van der Waals surface area contributed by atoms with Crippen LogP contribution in [0, 0.1) is 0 Å². The SMILES string of the molecule is C=CCCCCC(CN1CCCC1C(=C)NC(CCC)C(=C)CC(C)c1ccccc1)NCCc1ccccc1. The Morgan fingerprint density at radius 3 is 2.45 bits per heavy atom. The molecule has 0 amide bonds. The van der Waals surface area contributed by atoms with Crippen LogP contribution < -0.4 is 10.6 Å². The highest BCUT2D eigenvalue weighted by molar-refractivity contribution is 5.23. The second-order valence-corrected chi connectivity index (χ2v) is 11.8. The molecule has 1 aliphatic heterocycles. The molecular weight excluding hydrogens is 486 g/mol. The minimum absolute atomic E-state index is 0.282. The molecule has 1 saturated heterocycles. The zero-order chi connectivity index (χ0) is 28.6. The van der Waals surface area contributed by atoms with Gasteiger partial charge in [-0.3, -0.25) is 4.90 Å². The Hall–Kier alpha value is -2.62. The van der Waals surface area contributed by atoms with Crippen molar-refractivity contribution in [3.05, 3.63) is 109 Å². The van der Waals surface area contributed by atoms with Crippen molar-refractivity contribution in [2.24, 2.45) is 0 Å². The van der Waals surface area contributed by atoms with Crippen LogP contribution in [0.5, 0.6) is 0 Å². The first kappa shape index (κ1) is 31.9. The van der Waals surface area contributed by atoms with Gasteiger partial charge in [-0.2, -0.15) is 0 Å². The largest absolute Gasteiger partial charge is 0.381 e. The van der Waals surface area contributed by atoms with Gasteiger partial charge in [0.15, 0.2) is 0 Å². The van der Waals surface area contributed by atoms with Crippen LogP contribution in [0.25, 0.3) is 0 Å². The van der Waals surface area contributed by atoms with Crippen molar-refractivity contribution >= 4 is 0 Å². The first-order chi connectivity index (χ1) is 19.5. The molecule has 0 spiro atoms. The Kier molecular flexibility index (Phi) is 14.3. The Morgan fingerprint density at radius 2 is 1.75 bits per heavy atom. The van der Waals surface area contributed by atoms with E-state index in [2.05, 4.69) is 110 Å². The van der Waals surface area contributed by atoms with Gasteiger partial charge in [-0.15, -0.1) is 6.58 Å². The van der Waals surface area contributed by atoms with Gasteiger partial charge in [-0.25, -0.2) is 0 Å². The number of nitrogens with zero attached hydrogens (tertiary/aromatic N) is 1. The van der Waals surface area contributed by atoms with Gasteiger partial charge >= 0.3 is 0 Å². The Morgan fingerprint density at radius 1 is 1.02 bits per heavy atom. The predicted octanol–water partition coefficient (Wildman–Crippen LogP) is 8.42. The van der Waals surface area contributed by atoms with Crippen LogP contribution >= 0.6 is 0 Å². The van der Waals surface area contributed by atoms with Gasteiger partial charge in [-0.05, 0) is 81.5 Å². The van der Waals surface area contributed by atoms with Gasteiger partial charge < -0.3 is 10.6 Å². The molecule has 3 heteroatoms. The molecule has 218 valence electrons. The average molecular weight is 542 g/mol. The molecule has 3 nitrogen and oxygen atoms in total. The van der Waals surface area contributed by atoms with Crippen molar-refractivity contribution in [2.45, 2.75) is 102 Å². The van der Waals surface area contributed by atoms with Crippen molar-refractivity contribution in [3.63, 3.8) is 0 Å². The van der Waals surface area contributed by atoms with Gasteiger partial charge in [-0.1, -0.05) is 112 Å². The summed E-state index contributed by atoms with van der Waals surface area (Å²) in [7, 11) is 0. The highest BCUT2D eigenvalue weighted by Crippen LogP contribution is 2.28. The minimum Gasteiger partial charge on any atom is -0.381 e. The van der Waals surface area contributed by atoms with E-state index in [1.54, 1.807) is 0 Å². The van der Waals surface area contributed by atoms with Crippen LogP contribution in [-0.2, 0) is 6.42 Å². The van der Waals surface area contributed by atoms with E-state index in [0.717, 1.165) is 51.7 Å². The van der Waals surface area contributed by atoms with Gasteiger partial charge in [0.1, 0.15) is 0 Å². The second-order valence-electron chi connectivity index (χ2n) is 11.8. The minimum atomic E-state index is 0.282. The zero-order valence-corrected chi connectivity index (χ0v) is 25.4. The van der Waals surface area contributed by atoms with Crippen LogP contribution in [0.15, 0.2) is 97.7 Å². The maximum Gasteiger partial charge on any atom is 0.0490 e. The lowest BCUT2D eigenvalue weighted by Gasteiger charge is -2.33. The lowest BCUT2D eigenvalue weighted by atomic mass is 9.89. The lowest BCUT2D eigenvalue weighted by Crippen LogP contribution is -2.46. The maximum atomic E-state index is 4.60. The molecule has 2 N–H and O–H groups in total. The van der Waals surface area contributed by atoms with E-state index in [1.807, 2.05) is 6.08 Å². The van der Waals surface area contributed by atoms with Crippen LogP contribution in [-0.4, -0.2) is 42.7 Å². The highest BCUT2D eigenvalue weighted by atomic mass is 15.2. The van der Waals surface area contributed by atoms with Crippen LogP contribution in [0.1, 0.15) is 88.7 Å². The van der Waals surface area contributed by atoms with Gasteiger partial charge in [0.05, 0.1) is 0 Å². The molecule has 0 aliphatic carbocycles. The number of hydrogen-bond donors (Lipinski definition) is 2. The molecule has 0 saturated carbocycles. The molecule has 1 aliphatic rings. The molecule has 2 aromatic rings. The number of likely N-dealkylation sites (tertiary alicyclic amines) is 1. The Labute approximate surface area is 245 Å². The highest BCUT2D eigenvalue weighted by Gasteiger charge is 2.30. The topological polar surface area (TPSA) is 27.3 Å². The molecule has 2 aromatic carbocycles. The number of allylic oxidation sites excluding steroid dienone is 1. The summed E-state index contributed by atoms with van der Waals surface area (Å²) in [5.41, 5.74) is 5.27. The summed E-state index contributed by atoms with van der Waals surface area (Å²) < 4.78 is 0. The number of benzene rings is 2. The third kappa shape index (κ3) is 10.7. The van der Waals surface area contributed by atoms with Crippen LogP contribution in [0.2, 0.25) is 0 Å². The van der Waals surface area contributed by atoms with Gasteiger partial charge in [0, 0.05) is 30.4 Å². The normalized spacial score (nSPS) is 17.7. The summed E-state index contributed by atoms with van der Waals surface area (Å²) >= 11 is 0. The Bertz CT molecular complexity index is 999. The standard InChI is InChI=1S/C37H55N3/c1-6-8-9-16-23-35(38-26-25-33-19-12-10-13-20-33)29-40-27-17-24-37(40)32(5)39-36(18-7-2)31(4)28-30(3)34-21-14-11-15-22-34/h6,10-15,19-22,30,35-39H,1,4-5,7-9,16-18,23-29H2,2-3H3. The zero-order valence-electron chi connectivity index (χ0n) is 25.4. The predicted molar refractivity (Wildman–Crippen MR) is 175 cm³/mol. The molecule has 40 heavy (non-hydrogen) atoms. The van der Waals surface area contributed by atoms with E-state index < -0.39 is 0 Å². The molecule has 4 atom stereocenters. The Balaban J connectivity index is 1.57. The summed E-state index contributed by atoms with van der Waals surface area (Å²) in [6.45, 7) is 20.9. The van der Waals surface area contributed by atoms with Crippen molar-refractivity contribution in [1.82, 2.24) is 15.5 Å². The number of unbranched alkanes of at least 4 members (excludes halogenated alkanes) is 2. The van der Waals surface area contributed by atoms with E-state index in [4.69, 9.17) is 0 Å². The molecule has 1 heterocycles. The fourth-order valence-corrected chi connectivity index (χ4v) is 6.15. The fraction of sp³-hybridized carbons (Fsp3) is 0.514. The number of hydrogen-bond acceptors (Lipinski definition) is 3. The first-order valence-corrected chi connectivity index (χ1v) is 15.8. The smallest absolute Gasteiger partial charge is 0.0490 e. The third-order valence-corrected chi connectivity index (χ3v) is 8.49.